The molecule has 0 bridgehead atoms. The van der Waals surface area contributed by atoms with Crippen LogP contribution in [0.1, 0.15) is 19.3 Å². The fourth-order valence-corrected chi connectivity index (χ4v) is 0.258. The summed E-state index contributed by atoms with van der Waals surface area (Å²) in [5.74, 6) is 0. The van der Waals surface area contributed by atoms with Crippen LogP contribution in [0.3, 0.4) is 0 Å². The van der Waals surface area contributed by atoms with E-state index in [1.807, 2.05) is 0 Å². The first kappa shape index (κ1) is 13.7. The Bertz CT molecular complexity index is 271. The molecule has 0 aliphatic heterocycles. The number of unbranched alkanes of at least 4 members (excludes halogenated alkanes) is 2. The minimum absolute atomic E-state index is 0.388. The zero-order valence-electron chi connectivity index (χ0n) is 6.00. The van der Waals surface area contributed by atoms with Gasteiger partial charge in [0.25, 0.3) is 0 Å². The van der Waals surface area contributed by atoms with Crippen molar-refractivity contribution < 1.29 is 38.6 Å². The number of hydrogen-bond acceptors (Lipinski definition) is 6. The van der Waals surface area contributed by atoms with E-state index in [0.29, 0.717) is 19.3 Å². The molecule has 0 heterocycles. The van der Waals surface area contributed by atoms with Gasteiger partial charge in [0.05, 0.1) is 0 Å². The fourth-order valence-electron chi connectivity index (χ4n) is 0.258. The van der Waals surface area contributed by atoms with Gasteiger partial charge in [-0.15, -0.1) is 0 Å². The predicted molar refractivity (Wildman–Crippen MR) is 28.4 cm³/mol. The van der Waals surface area contributed by atoms with Crippen molar-refractivity contribution in [1.82, 2.24) is 0 Å². The molecule has 0 aliphatic rings. The number of hydrogen-bond donors (Lipinski definition) is 0. The molecule has 0 fully saturated rings. The van der Waals surface area contributed by atoms with Crippen LogP contribution in [0.25, 0.3) is 0 Å². The van der Waals surface area contributed by atoms with Gasteiger partial charge in [0.2, 0.25) is 0 Å². The minimum atomic E-state index is -6.06. The SMILES string of the molecule is O=[C-]CCCC=O.[O]=[Os](=[O])(=[O])=[O]. The summed E-state index contributed by atoms with van der Waals surface area (Å²) in [7, 11) is 0. The van der Waals surface area contributed by atoms with Gasteiger partial charge in [0, 0.05) is 6.42 Å². The summed E-state index contributed by atoms with van der Waals surface area (Å²) in [5, 5.41) is 0. The monoisotopic (exact) mass is 355 g/mol. The van der Waals surface area contributed by atoms with Gasteiger partial charge in [-0.05, 0) is 0 Å². The van der Waals surface area contributed by atoms with Gasteiger partial charge in [0.15, 0.2) is 0 Å². The van der Waals surface area contributed by atoms with Crippen LogP contribution in [0.2, 0.25) is 0 Å². The zero-order valence-corrected chi connectivity index (χ0v) is 8.54. The molecule has 6 nitrogen and oxygen atoms in total. The van der Waals surface area contributed by atoms with Gasteiger partial charge in [-0.25, -0.2) is 0 Å². The van der Waals surface area contributed by atoms with E-state index in [1.54, 1.807) is 6.29 Å². The van der Waals surface area contributed by atoms with Crippen LogP contribution in [0.4, 0.5) is 0 Å². The normalized spacial score (nSPS) is 9.33. The summed E-state index contributed by atoms with van der Waals surface area (Å²) in [4.78, 5) is 19.0. The fraction of sp³-hybridized carbons (Fsp3) is 0.600. The molecular formula is C5H7O6Os-. The zero-order chi connectivity index (χ0) is 10.0. The van der Waals surface area contributed by atoms with Crippen molar-refractivity contribution in [2.75, 3.05) is 0 Å². The molecule has 0 aromatic carbocycles. The van der Waals surface area contributed by atoms with E-state index in [1.165, 1.54) is 0 Å². The van der Waals surface area contributed by atoms with Crippen molar-refractivity contribution in [2.45, 2.75) is 19.3 Å². The molecule has 72 valence electrons. The van der Waals surface area contributed by atoms with Crippen LogP contribution in [0.5, 0.6) is 0 Å². The third kappa shape index (κ3) is 60.8. The van der Waals surface area contributed by atoms with E-state index < -0.39 is 14.8 Å². The van der Waals surface area contributed by atoms with Crippen molar-refractivity contribution in [3.8, 4) is 0 Å². The van der Waals surface area contributed by atoms with Gasteiger partial charge in [-0.3, -0.25) is 6.29 Å². The second kappa shape index (κ2) is 8.27. The van der Waals surface area contributed by atoms with Crippen LogP contribution < -0.4 is 0 Å². The summed E-state index contributed by atoms with van der Waals surface area (Å²) >= 11 is -6.06. The van der Waals surface area contributed by atoms with Gasteiger partial charge in [-0.1, -0.05) is 6.42 Å². The van der Waals surface area contributed by atoms with Crippen molar-refractivity contribution >= 4 is 12.6 Å². The molecular weight excluding hydrogens is 346 g/mol. The molecule has 0 N–H and O–H groups in total. The number of aldehydes is 1. The van der Waals surface area contributed by atoms with E-state index in [9.17, 15) is 9.59 Å². The molecule has 0 aromatic heterocycles. The van der Waals surface area contributed by atoms with Crippen LogP contribution in [0.15, 0.2) is 0 Å². The molecule has 7 heteroatoms. The molecule has 0 saturated carbocycles. The first-order valence-electron chi connectivity index (χ1n) is 2.78. The Balaban J connectivity index is 0. The van der Waals surface area contributed by atoms with Gasteiger partial charge >= 0.3 is 29.0 Å². The topological polar surface area (TPSA) is 102 Å². The average molecular weight is 353 g/mol. The Labute approximate surface area is 70.9 Å². The molecule has 0 aliphatic carbocycles. The third-order valence-corrected chi connectivity index (χ3v) is 0.601. The molecule has 0 aromatic rings. The van der Waals surface area contributed by atoms with E-state index in [2.05, 4.69) is 0 Å². The average Bonchev–Trinajstić information content (AvgIpc) is 1.85. The van der Waals surface area contributed by atoms with Crippen molar-refractivity contribution in [1.29, 1.82) is 0 Å². The van der Waals surface area contributed by atoms with Gasteiger partial charge < -0.3 is 9.59 Å². The molecule has 12 heavy (non-hydrogen) atoms. The van der Waals surface area contributed by atoms with Crippen molar-refractivity contribution in [3.05, 3.63) is 0 Å². The Morgan fingerprint density at radius 3 is 1.83 bits per heavy atom. The first-order valence-corrected chi connectivity index (χ1v) is 6.93. The van der Waals surface area contributed by atoms with Gasteiger partial charge in [-0.2, -0.15) is 6.42 Å². The molecule has 0 amide bonds. The molecule has 0 atom stereocenters. The molecule has 0 saturated heterocycles. The molecule has 0 rings (SSSR count). The van der Waals surface area contributed by atoms with E-state index in [-0.39, 0.29) is 0 Å². The number of carbonyl (C=O) groups excluding carboxylic acids is 2. The second-order valence-corrected chi connectivity index (χ2v) is 4.10. The summed E-state index contributed by atoms with van der Waals surface area (Å²) in [6.45, 7) is 0. The predicted octanol–water partition coefficient (Wildman–Crippen LogP) is -0.0124. The van der Waals surface area contributed by atoms with E-state index in [4.69, 9.17) is 14.2 Å². The molecule has 0 radical (unpaired) electrons. The quantitative estimate of drug-likeness (QED) is 0.400. The van der Waals surface area contributed by atoms with E-state index >= 15 is 0 Å². The van der Waals surface area contributed by atoms with Crippen LogP contribution in [-0.2, 0) is 38.6 Å². The maximum atomic E-state index is 9.55. The summed E-state index contributed by atoms with van der Waals surface area (Å²) in [6.07, 6.45) is 4.01. The third-order valence-electron chi connectivity index (χ3n) is 0.601. The van der Waals surface area contributed by atoms with Crippen molar-refractivity contribution in [3.63, 3.8) is 0 Å². The Hall–Kier alpha value is -0.824. The van der Waals surface area contributed by atoms with Crippen LogP contribution in [-0.4, -0.2) is 12.6 Å². The van der Waals surface area contributed by atoms with Crippen LogP contribution in [0, 0.1) is 0 Å². The van der Waals surface area contributed by atoms with Crippen molar-refractivity contribution in [2.24, 2.45) is 0 Å². The first-order chi connectivity index (χ1) is 5.41. The van der Waals surface area contributed by atoms with Gasteiger partial charge in [0.1, 0.15) is 6.29 Å². The molecule has 0 unspecified atom stereocenters. The number of carbonyl (C=O) groups is 1. The second-order valence-electron chi connectivity index (χ2n) is 1.56. The maximum absolute atomic E-state index is 9.55. The van der Waals surface area contributed by atoms with E-state index in [0.717, 1.165) is 6.29 Å². The summed E-state index contributed by atoms with van der Waals surface area (Å²) in [6, 6.07) is 0. The Morgan fingerprint density at radius 2 is 1.58 bits per heavy atom. The Kier molecular flexibility index (Phi) is 9.48. The Morgan fingerprint density at radius 1 is 1.17 bits per heavy atom. The summed E-state index contributed by atoms with van der Waals surface area (Å²) in [5.41, 5.74) is 0. The van der Waals surface area contributed by atoms with Crippen LogP contribution >= 0.6 is 0 Å². The molecule has 0 spiro atoms. The summed E-state index contributed by atoms with van der Waals surface area (Å²) < 4.78 is 34.5. The standard InChI is InChI=1S/C5H7O2.4O.Os/c6-4-2-1-3-5-7;;;;;/h4H,1-3H2;;;;;/q-1;;;;;. The number of rotatable bonds is 4.